The van der Waals surface area contributed by atoms with Gasteiger partial charge in [0.05, 0.1) is 0 Å². The first-order valence-corrected chi connectivity index (χ1v) is 4.12. The zero-order valence-electron chi connectivity index (χ0n) is 7.66. The second-order valence-electron chi connectivity index (χ2n) is 2.93. The lowest BCUT2D eigenvalue weighted by Crippen LogP contribution is -1.94. The van der Waals surface area contributed by atoms with Gasteiger partial charge in [-0.2, -0.15) is 0 Å². The molecule has 0 aromatic heterocycles. The average Bonchev–Trinajstić information content (AvgIpc) is 2.33. The van der Waals surface area contributed by atoms with Crippen LogP contribution in [0.1, 0.15) is 0 Å². The standard InChI is InChI=1S/C10H10O5/c11-5-7(12)3-6-1-2-8(13)10(15)9(14)4-6/h1-6,12-15H/b7-3-. The van der Waals surface area contributed by atoms with Gasteiger partial charge in [0.1, 0.15) is 0 Å². The molecule has 0 aliphatic heterocycles. The van der Waals surface area contributed by atoms with Crippen LogP contribution in [0, 0.1) is 5.92 Å². The van der Waals surface area contributed by atoms with Crippen LogP contribution in [0.2, 0.25) is 0 Å². The van der Waals surface area contributed by atoms with Crippen molar-refractivity contribution >= 4 is 6.29 Å². The molecule has 1 atom stereocenters. The van der Waals surface area contributed by atoms with Gasteiger partial charge in [-0.1, -0.05) is 6.08 Å². The van der Waals surface area contributed by atoms with Crippen molar-refractivity contribution in [2.24, 2.45) is 5.92 Å². The van der Waals surface area contributed by atoms with E-state index >= 15 is 0 Å². The summed E-state index contributed by atoms with van der Waals surface area (Å²) in [6.07, 6.45) is 5.14. The van der Waals surface area contributed by atoms with Gasteiger partial charge in [0.25, 0.3) is 0 Å². The van der Waals surface area contributed by atoms with E-state index in [9.17, 15) is 9.90 Å². The molecule has 0 bridgehead atoms. The van der Waals surface area contributed by atoms with E-state index in [1.807, 2.05) is 0 Å². The predicted molar refractivity (Wildman–Crippen MR) is 52.4 cm³/mol. The summed E-state index contributed by atoms with van der Waals surface area (Å²) >= 11 is 0. The van der Waals surface area contributed by atoms with Crippen molar-refractivity contribution < 1.29 is 25.2 Å². The van der Waals surface area contributed by atoms with Crippen molar-refractivity contribution in [3.05, 3.63) is 47.3 Å². The molecule has 1 aliphatic carbocycles. The van der Waals surface area contributed by atoms with Gasteiger partial charge >= 0.3 is 0 Å². The molecule has 0 aromatic carbocycles. The van der Waals surface area contributed by atoms with Crippen LogP contribution >= 0.6 is 0 Å². The van der Waals surface area contributed by atoms with Gasteiger partial charge in [-0.3, -0.25) is 4.79 Å². The number of carbonyl (C=O) groups is 1. The third-order valence-corrected chi connectivity index (χ3v) is 1.80. The van der Waals surface area contributed by atoms with Crippen LogP contribution in [0.25, 0.3) is 0 Å². The highest BCUT2D eigenvalue weighted by atomic mass is 16.3. The number of hydrogen-bond donors (Lipinski definition) is 4. The Morgan fingerprint density at radius 2 is 2.00 bits per heavy atom. The maximum atomic E-state index is 10.1. The number of aliphatic hydroxyl groups is 4. The first-order chi connectivity index (χ1) is 7.04. The first kappa shape index (κ1) is 10.9. The Bertz CT molecular complexity index is 387. The summed E-state index contributed by atoms with van der Waals surface area (Å²) in [7, 11) is 0. The highest BCUT2D eigenvalue weighted by Gasteiger charge is 2.13. The van der Waals surface area contributed by atoms with Gasteiger partial charge in [-0.25, -0.2) is 0 Å². The molecule has 1 unspecified atom stereocenters. The third kappa shape index (κ3) is 2.63. The normalized spacial score (nSPS) is 22.3. The SMILES string of the molecule is O=C/C(O)=C/C1C=CC(O)=C(O)C(O)=C1. The van der Waals surface area contributed by atoms with Gasteiger partial charge in [0, 0.05) is 5.92 Å². The number of carbonyl (C=O) groups excluding carboxylic acids is 1. The van der Waals surface area contributed by atoms with Gasteiger partial charge in [0.2, 0.25) is 0 Å². The van der Waals surface area contributed by atoms with Crippen molar-refractivity contribution in [1.29, 1.82) is 0 Å². The van der Waals surface area contributed by atoms with Crippen molar-refractivity contribution in [1.82, 2.24) is 0 Å². The Hall–Kier alpha value is -2.17. The zero-order valence-corrected chi connectivity index (χ0v) is 7.66. The molecule has 15 heavy (non-hydrogen) atoms. The Morgan fingerprint density at radius 1 is 1.33 bits per heavy atom. The van der Waals surface area contributed by atoms with Gasteiger partial charge in [-0.15, -0.1) is 0 Å². The second-order valence-corrected chi connectivity index (χ2v) is 2.93. The van der Waals surface area contributed by atoms with Crippen molar-refractivity contribution in [2.45, 2.75) is 0 Å². The van der Waals surface area contributed by atoms with Crippen molar-refractivity contribution in [3.8, 4) is 0 Å². The molecule has 5 heteroatoms. The lowest BCUT2D eigenvalue weighted by molar-refractivity contribution is -0.107. The summed E-state index contributed by atoms with van der Waals surface area (Å²) < 4.78 is 0. The molecule has 80 valence electrons. The number of rotatable bonds is 2. The molecule has 0 heterocycles. The summed E-state index contributed by atoms with van der Waals surface area (Å²) in [5, 5.41) is 36.4. The molecule has 5 nitrogen and oxygen atoms in total. The smallest absolute Gasteiger partial charge is 0.199 e. The van der Waals surface area contributed by atoms with Crippen LogP contribution in [0.4, 0.5) is 0 Å². The van der Waals surface area contributed by atoms with E-state index in [1.165, 1.54) is 12.2 Å². The van der Waals surface area contributed by atoms with E-state index < -0.39 is 29.0 Å². The highest BCUT2D eigenvalue weighted by Crippen LogP contribution is 2.19. The fourth-order valence-electron chi connectivity index (χ4n) is 1.07. The maximum Gasteiger partial charge on any atom is 0.199 e. The molecule has 0 radical (unpaired) electrons. The Kier molecular flexibility index (Phi) is 3.17. The summed E-state index contributed by atoms with van der Waals surface area (Å²) in [5.41, 5.74) is 0. The third-order valence-electron chi connectivity index (χ3n) is 1.80. The topological polar surface area (TPSA) is 98.0 Å². The quantitative estimate of drug-likeness (QED) is 0.315. The Morgan fingerprint density at radius 3 is 2.60 bits per heavy atom. The van der Waals surface area contributed by atoms with Gasteiger partial charge < -0.3 is 20.4 Å². The molecule has 1 aliphatic rings. The van der Waals surface area contributed by atoms with Crippen LogP contribution in [0.5, 0.6) is 0 Å². The lowest BCUT2D eigenvalue weighted by Gasteiger charge is -2.00. The largest absolute Gasteiger partial charge is 0.505 e. The van der Waals surface area contributed by atoms with E-state index in [4.69, 9.17) is 15.3 Å². The summed E-state index contributed by atoms with van der Waals surface area (Å²) in [6.45, 7) is 0. The van der Waals surface area contributed by atoms with Crippen LogP contribution in [-0.4, -0.2) is 26.7 Å². The van der Waals surface area contributed by atoms with E-state index in [1.54, 1.807) is 0 Å². The van der Waals surface area contributed by atoms with Crippen molar-refractivity contribution in [3.63, 3.8) is 0 Å². The maximum absolute atomic E-state index is 10.1. The van der Waals surface area contributed by atoms with Crippen LogP contribution in [-0.2, 0) is 4.79 Å². The van der Waals surface area contributed by atoms with Crippen LogP contribution < -0.4 is 0 Å². The van der Waals surface area contributed by atoms with E-state index in [2.05, 4.69) is 0 Å². The first-order valence-electron chi connectivity index (χ1n) is 4.12. The molecular weight excluding hydrogens is 200 g/mol. The number of hydrogen-bond acceptors (Lipinski definition) is 5. The second kappa shape index (κ2) is 4.36. The Labute approximate surface area is 85.6 Å². The molecule has 0 fully saturated rings. The molecular formula is C10H10O5. The zero-order chi connectivity index (χ0) is 11.4. The fraction of sp³-hybridized carbons (Fsp3) is 0.100. The fourth-order valence-corrected chi connectivity index (χ4v) is 1.07. The lowest BCUT2D eigenvalue weighted by atomic mass is 10.1. The predicted octanol–water partition coefficient (Wildman–Crippen LogP) is 1.58. The molecule has 0 amide bonds. The molecule has 4 N–H and O–H groups in total. The number of aldehydes is 1. The number of aliphatic hydroxyl groups excluding tert-OH is 4. The Balaban J connectivity index is 3.01. The van der Waals surface area contributed by atoms with Crippen molar-refractivity contribution in [2.75, 3.05) is 0 Å². The minimum absolute atomic E-state index is 0.247. The minimum Gasteiger partial charge on any atom is -0.505 e. The van der Waals surface area contributed by atoms with E-state index in [0.717, 1.165) is 12.2 Å². The van der Waals surface area contributed by atoms with E-state index in [0.29, 0.717) is 0 Å². The van der Waals surface area contributed by atoms with Gasteiger partial charge in [-0.05, 0) is 18.2 Å². The summed E-state index contributed by atoms with van der Waals surface area (Å²) in [5.74, 6) is -2.72. The minimum atomic E-state index is -0.646. The van der Waals surface area contributed by atoms with E-state index in [-0.39, 0.29) is 6.29 Å². The van der Waals surface area contributed by atoms with Gasteiger partial charge in [0.15, 0.2) is 29.3 Å². The number of allylic oxidation sites excluding steroid dienone is 5. The molecule has 0 saturated carbocycles. The van der Waals surface area contributed by atoms with Crippen LogP contribution in [0.15, 0.2) is 47.3 Å². The molecule has 1 rings (SSSR count). The monoisotopic (exact) mass is 210 g/mol. The molecule has 0 spiro atoms. The molecule has 0 saturated heterocycles. The summed E-state index contributed by atoms with van der Waals surface area (Å²) in [4.78, 5) is 10.1. The van der Waals surface area contributed by atoms with Crippen LogP contribution in [0.3, 0.4) is 0 Å². The average molecular weight is 210 g/mol. The summed E-state index contributed by atoms with van der Waals surface area (Å²) in [6, 6.07) is 0. The molecule has 0 aromatic rings. The highest BCUT2D eigenvalue weighted by molar-refractivity contribution is 5.69.